The fourth-order valence-electron chi connectivity index (χ4n) is 1.80. The first-order valence-electron chi connectivity index (χ1n) is 7.24. The van der Waals surface area contributed by atoms with Gasteiger partial charge in [0.15, 0.2) is 0 Å². The molecule has 10 heteroatoms. The maximum atomic E-state index is 11.8. The summed E-state index contributed by atoms with van der Waals surface area (Å²) < 4.78 is 4.11. The van der Waals surface area contributed by atoms with E-state index >= 15 is 0 Å². The molecule has 2 aromatic rings. The van der Waals surface area contributed by atoms with E-state index in [-0.39, 0.29) is 17.1 Å². The van der Waals surface area contributed by atoms with Gasteiger partial charge in [-0.25, -0.2) is 9.59 Å². The molecule has 8 nitrogen and oxygen atoms in total. The largest absolute Gasteiger partial charge is 0.477 e. The fraction of sp³-hybridized carbons (Fsp3) is 0.267. The van der Waals surface area contributed by atoms with Gasteiger partial charge in [0.25, 0.3) is 0 Å². The van der Waals surface area contributed by atoms with E-state index in [2.05, 4.69) is 15.0 Å². The van der Waals surface area contributed by atoms with E-state index in [0.717, 1.165) is 17.1 Å². The Morgan fingerprint density at radius 2 is 2.00 bits per heavy atom. The number of carbonyl (C=O) groups excluding carboxylic acids is 1. The number of rotatable bonds is 8. The standard InChI is InChI=1S/C15H17N3O5S2/c19-7-10(20)6-16-15(23)17-12-11(14(21)22)13(18-25-12)24-8-9-4-2-1-3-5-9/h1-5,10,19-20H,6-8H2,(H,21,22)(H2,16,17,23). The van der Waals surface area contributed by atoms with Crippen LogP contribution in [0.4, 0.5) is 9.80 Å². The van der Waals surface area contributed by atoms with Gasteiger partial charge in [-0.15, -0.1) is 0 Å². The molecule has 5 N–H and O–H groups in total. The van der Waals surface area contributed by atoms with Crippen molar-refractivity contribution in [3.63, 3.8) is 0 Å². The van der Waals surface area contributed by atoms with Crippen LogP contribution < -0.4 is 10.6 Å². The number of hydrogen-bond donors (Lipinski definition) is 5. The molecule has 0 radical (unpaired) electrons. The van der Waals surface area contributed by atoms with E-state index in [4.69, 9.17) is 5.11 Å². The normalized spacial score (nSPS) is 11.8. The zero-order valence-corrected chi connectivity index (χ0v) is 14.6. The molecular formula is C15H17N3O5S2. The van der Waals surface area contributed by atoms with Crippen LogP contribution in [-0.2, 0) is 5.75 Å². The molecule has 25 heavy (non-hydrogen) atoms. The lowest BCUT2D eigenvalue weighted by Gasteiger charge is -2.09. The van der Waals surface area contributed by atoms with Crippen LogP contribution in [0.3, 0.4) is 0 Å². The lowest BCUT2D eigenvalue weighted by Crippen LogP contribution is -2.36. The van der Waals surface area contributed by atoms with Gasteiger partial charge in [-0.05, 0) is 17.1 Å². The van der Waals surface area contributed by atoms with Crippen LogP contribution in [0.25, 0.3) is 0 Å². The molecule has 2 amide bonds. The number of thioether (sulfide) groups is 1. The summed E-state index contributed by atoms with van der Waals surface area (Å²) in [5, 5.41) is 32.5. The Morgan fingerprint density at radius 3 is 2.64 bits per heavy atom. The third kappa shape index (κ3) is 5.71. The van der Waals surface area contributed by atoms with Gasteiger partial charge in [0.1, 0.15) is 15.6 Å². The van der Waals surface area contributed by atoms with Crippen molar-refractivity contribution in [1.29, 1.82) is 0 Å². The molecule has 0 saturated heterocycles. The molecule has 0 aliphatic rings. The molecule has 0 aliphatic heterocycles. The summed E-state index contributed by atoms with van der Waals surface area (Å²) in [6.45, 7) is -0.638. The molecule has 1 aromatic carbocycles. The summed E-state index contributed by atoms with van der Waals surface area (Å²) >= 11 is 2.14. The molecule has 0 fully saturated rings. The number of nitrogens with one attached hydrogen (secondary N) is 2. The zero-order valence-electron chi connectivity index (χ0n) is 13.0. The van der Waals surface area contributed by atoms with Crippen LogP contribution in [-0.4, -0.2) is 50.9 Å². The molecule has 0 spiro atoms. The molecule has 134 valence electrons. The summed E-state index contributed by atoms with van der Waals surface area (Å²) in [7, 11) is 0. The lowest BCUT2D eigenvalue weighted by atomic mass is 10.2. The van der Waals surface area contributed by atoms with E-state index in [1.807, 2.05) is 30.3 Å². The molecule has 2 rings (SSSR count). The van der Waals surface area contributed by atoms with Gasteiger partial charge in [-0.1, -0.05) is 42.1 Å². The highest BCUT2D eigenvalue weighted by molar-refractivity contribution is 7.98. The first kappa shape index (κ1) is 19.2. The third-order valence-corrected chi connectivity index (χ3v) is 4.95. The monoisotopic (exact) mass is 383 g/mol. The summed E-state index contributed by atoms with van der Waals surface area (Å²) in [6.07, 6.45) is -1.08. The number of carbonyl (C=O) groups is 2. The number of benzene rings is 1. The fourth-order valence-corrected chi connectivity index (χ4v) is 3.69. The van der Waals surface area contributed by atoms with Crippen LogP contribution in [0.1, 0.15) is 15.9 Å². The smallest absolute Gasteiger partial charge is 0.341 e. The van der Waals surface area contributed by atoms with Gasteiger partial charge in [0.05, 0.1) is 12.7 Å². The molecule has 0 bridgehead atoms. The van der Waals surface area contributed by atoms with Crippen molar-refractivity contribution in [3.8, 4) is 0 Å². The van der Waals surface area contributed by atoms with Crippen molar-refractivity contribution in [2.24, 2.45) is 0 Å². The second kappa shape index (κ2) is 9.37. The Labute approximate surface area is 152 Å². The topological polar surface area (TPSA) is 132 Å². The zero-order chi connectivity index (χ0) is 18.2. The van der Waals surface area contributed by atoms with Gasteiger partial charge in [0.2, 0.25) is 0 Å². The number of amides is 2. The Bertz CT molecular complexity index is 723. The highest BCUT2D eigenvalue weighted by Gasteiger charge is 2.22. The van der Waals surface area contributed by atoms with Crippen LogP contribution in [0.5, 0.6) is 0 Å². The summed E-state index contributed by atoms with van der Waals surface area (Å²) in [4.78, 5) is 23.3. The molecule has 0 saturated carbocycles. The SMILES string of the molecule is O=C(NCC(O)CO)Nc1snc(SCc2ccccc2)c1C(=O)O. The maximum absolute atomic E-state index is 11.8. The predicted octanol–water partition coefficient (Wildman–Crippen LogP) is 1.61. The number of aliphatic hydroxyl groups is 2. The number of nitrogens with zero attached hydrogens (tertiary/aromatic N) is 1. The van der Waals surface area contributed by atoms with Crippen molar-refractivity contribution in [2.45, 2.75) is 16.9 Å². The second-order valence-corrected chi connectivity index (χ2v) is 6.68. The number of urea groups is 1. The van der Waals surface area contributed by atoms with Gasteiger partial charge in [-0.3, -0.25) is 5.32 Å². The van der Waals surface area contributed by atoms with E-state index in [1.54, 1.807) is 0 Å². The quantitative estimate of drug-likeness (QED) is 0.438. The average molecular weight is 383 g/mol. The number of carboxylic acids is 1. The number of anilines is 1. The molecule has 0 aliphatic carbocycles. The average Bonchev–Trinajstić information content (AvgIpc) is 3.01. The van der Waals surface area contributed by atoms with Crippen molar-refractivity contribution >= 4 is 40.3 Å². The van der Waals surface area contributed by atoms with Crippen LogP contribution in [0.2, 0.25) is 0 Å². The van der Waals surface area contributed by atoms with Gasteiger partial charge >= 0.3 is 12.0 Å². The van der Waals surface area contributed by atoms with Crippen LogP contribution in [0, 0.1) is 0 Å². The second-order valence-electron chi connectivity index (χ2n) is 4.94. The van der Waals surface area contributed by atoms with E-state index in [1.165, 1.54) is 11.8 Å². The Hall–Kier alpha value is -2.14. The van der Waals surface area contributed by atoms with Crippen molar-refractivity contribution in [1.82, 2.24) is 9.69 Å². The van der Waals surface area contributed by atoms with Gasteiger partial charge in [0, 0.05) is 12.3 Å². The number of hydrogen-bond acceptors (Lipinski definition) is 7. The molecular weight excluding hydrogens is 366 g/mol. The minimum absolute atomic E-state index is 0.0659. The molecule has 1 unspecified atom stereocenters. The minimum atomic E-state index is -1.19. The van der Waals surface area contributed by atoms with Crippen LogP contribution in [0.15, 0.2) is 35.4 Å². The van der Waals surface area contributed by atoms with Crippen molar-refractivity contribution < 1.29 is 24.9 Å². The number of aromatic carboxylic acids is 1. The summed E-state index contributed by atoms with van der Waals surface area (Å²) in [5.74, 6) is -0.630. The number of aromatic nitrogens is 1. The van der Waals surface area contributed by atoms with E-state index < -0.39 is 24.7 Å². The third-order valence-electron chi connectivity index (χ3n) is 3.03. The highest BCUT2D eigenvalue weighted by atomic mass is 32.2. The van der Waals surface area contributed by atoms with Gasteiger partial charge in [-0.2, -0.15) is 4.37 Å². The summed E-state index contributed by atoms with van der Waals surface area (Å²) in [6, 6.07) is 8.87. The first-order chi connectivity index (χ1) is 12.0. The molecule has 1 atom stereocenters. The van der Waals surface area contributed by atoms with Crippen LogP contribution >= 0.6 is 23.3 Å². The first-order valence-corrected chi connectivity index (χ1v) is 9.00. The molecule has 1 heterocycles. The highest BCUT2D eigenvalue weighted by Crippen LogP contribution is 2.33. The maximum Gasteiger partial charge on any atom is 0.341 e. The summed E-state index contributed by atoms with van der Waals surface area (Å²) in [5.41, 5.74) is 0.964. The number of aliphatic hydroxyl groups excluding tert-OH is 2. The lowest BCUT2D eigenvalue weighted by molar-refractivity contribution is 0.0694. The van der Waals surface area contributed by atoms with E-state index in [9.17, 15) is 19.8 Å². The Balaban J connectivity index is 2.03. The van der Waals surface area contributed by atoms with Crippen molar-refractivity contribution in [3.05, 3.63) is 41.5 Å². The minimum Gasteiger partial charge on any atom is -0.477 e. The Kier molecular flexibility index (Phi) is 7.19. The molecule has 1 aromatic heterocycles. The van der Waals surface area contributed by atoms with E-state index in [0.29, 0.717) is 10.8 Å². The number of carboxylic acid groups (broad SMARTS) is 1. The van der Waals surface area contributed by atoms with Crippen molar-refractivity contribution in [2.75, 3.05) is 18.5 Å². The van der Waals surface area contributed by atoms with Gasteiger partial charge < -0.3 is 20.6 Å². The Morgan fingerprint density at radius 1 is 1.28 bits per heavy atom. The predicted molar refractivity (Wildman–Crippen MR) is 95.2 cm³/mol.